The summed E-state index contributed by atoms with van der Waals surface area (Å²) in [6, 6.07) is 7.21. The molecule has 0 heterocycles. The van der Waals surface area contributed by atoms with Gasteiger partial charge in [0.1, 0.15) is 17.4 Å². The van der Waals surface area contributed by atoms with E-state index < -0.39 is 5.60 Å². The van der Waals surface area contributed by atoms with E-state index in [2.05, 4.69) is 11.4 Å². The van der Waals surface area contributed by atoms with E-state index in [4.69, 9.17) is 9.47 Å². The fourth-order valence-electron chi connectivity index (χ4n) is 2.42. The van der Waals surface area contributed by atoms with E-state index in [1.165, 1.54) is 7.11 Å². The molecule has 0 aliphatic heterocycles. The van der Waals surface area contributed by atoms with Crippen LogP contribution in [-0.4, -0.2) is 24.7 Å². The number of rotatable bonds is 8. The summed E-state index contributed by atoms with van der Waals surface area (Å²) >= 11 is 0. The molecule has 1 aromatic carbocycles. The molecule has 0 fully saturated rings. The third-order valence-corrected chi connectivity index (χ3v) is 4.00. The predicted molar refractivity (Wildman–Crippen MR) is 95.0 cm³/mol. The molecule has 0 saturated carbocycles. The molecule has 2 atom stereocenters. The minimum Gasteiger partial charge on any atom is -0.491 e. The lowest BCUT2D eigenvalue weighted by Crippen LogP contribution is -2.43. The summed E-state index contributed by atoms with van der Waals surface area (Å²) in [6.45, 7) is 9.83. The van der Waals surface area contributed by atoms with Gasteiger partial charge in [-0.25, -0.2) is 0 Å². The first kappa shape index (κ1) is 20.0. The number of anilines is 1. The molecule has 0 aliphatic carbocycles. The molecule has 0 radical (unpaired) electrons. The Bertz CT molecular complexity index is 607. The molecule has 1 aromatic rings. The Morgan fingerprint density at radius 1 is 1.38 bits per heavy atom. The minimum absolute atomic E-state index is 0.0693. The van der Waals surface area contributed by atoms with Gasteiger partial charge in [0, 0.05) is 13.2 Å². The lowest BCUT2D eigenvalue weighted by molar-refractivity contribution is -0.137. The molecule has 0 bridgehead atoms. The Morgan fingerprint density at radius 2 is 2.04 bits per heavy atom. The first-order valence-corrected chi connectivity index (χ1v) is 8.33. The number of nitrogens with one attached hydrogen (secondary N) is 1. The standard InChI is InChI=1S/C19H28N2O3/c1-7-14(4)24-16-8-9-17(15(10-16)12-20)21-18(22)19(5,23-6)11-13(2)3/h8-10,13-14H,7,11H2,1-6H3,(H,21,22)/t14-,19+/m1/s1. The maximum absolute atomic E-state index is 12.6. The number of methoxy groups -OCH3 is 1. The number of ether oxygens (including phenoxy) is 2. The fourth-order valence-corrected chi connectivity index (χ4v) is 2.42. The van der Waals surface area contributed by atoms with Crippen LogP contribution in [0.4, 0.5) is 5.69 Å². The van der Waals surface area contributed by atoms with E-state index in [1.807, 2.05) is 27.7 Å². The molecule has 0 spiro atoms. The molecular formula is C19H28N2O3. The lowest BCUT2D eigenvalue weighted by Gasteiger charge is -2.28. The number of nitriles is 1. The summed E-state index contributed by atoms with van der Waals surface area (Å²) in [5.74, 6) is 0.670. The van der Waals surface area contributed by atoms with Gasteiger partial charge in [0.25, 0.3) is 5.91 Å². The highest BCUT2D eigenvalue weighted by atomic mass is 16.5. The second-order valence-corrected chi connectivity index (χ2v) is 6.64. The fraction of sp³-hybridized carbons (Fsp3) is 0.579. The third-order valence-electron chi connectivity index (χ3n) is 4.00. The highest BCUT2D eigenvalue weighted by Crippen LogP contribution is 2.26. The van der Waals surface area contributed by atoms with Gasteiger partial charge in [-0.15, -0.1) is 0 Å². The molecule has 1 N–H and O–H groups in total. The zero-order valence-corrected chi connectivity index (χ0v) is 15.5. The van der Waals surface area contributed by atoms with Gasteiger partial charge in [-0.05, 0) is 44.7 Å². The van der Waals surface area contributed by atoms with Crippen LogP contribution in [0, 0.1) is 17.2 Å². The van der Waals surface area contributed by atoms with Crippen LogP contribution in [0.15, 0.2) is 18.2 Å². The number of hydrogen-bond acceptors (Lipinski definition) is 4. The Kier molecular flexibility index (Phi) is 7.24. The summed E-state index contributed by atoms with van der Waals surface area (Å²) < 4.78 is 11.1. The van der Waals surface area contributed by atoms with Gasteiger partial charge >= 0.3 is 0 Å². The van der Waals surface area contributed by atoms with Crippen molar-refractivity contribution in [3.05, 3.63) is 23.8 Å². The number of benzene rings is 1. The number of carbonyl (C=O) groups is 1. The average Bonchev–Trinajstić information content (AvgIpc) is 2.55. The number of nitrogens with zero attached hydrogens (tertiary/aromatic N) is 1. The molecule has 132 valence electrons. The van der Waals surface area contributed by atoms with Crippen LogP contribution >= 0.6 is 0 Å². The maximum Gasteiger partial charge on any atom is 0.256 e. The molecule has 1 rings (SSSR count). The number of hydrogen-bond donors (Lipinski definition) is 1. The highest BCUT2D eigenvalue weighted by Gasteiger charge is 2.34. The third kappa shape index (κ3) is 5.24. The largest absolute Gasteiger partial charge is 0.491 e. The van der Waals surface area contributed by atoms with E-state index in [-0.39, 0.29) is 12.0 Å². The summed E-state index contributed by atoms with van der Waals surface area (Å²) in [5, 5.41) is 12.2. The second-order valence-electron chi connectivity index (χ2n) is 6.64. The summed E-state index contributed by atoms with van der Waals surface area (Å²) in [7, 11) is 1.52. The van der Waals surface area contributed by atoms with E-state index in [1.54, 1.807) is 25.1 Å². The van der Waals surface area contributed by atoms with Crippen molar-refractivity contribution in [2.45, 2.75) is 59.2 Å². The minimum atomic E-state index is -0.938. The molecule has 24 heavy (non-hydrogen) atoms. The van der Waals surface area contributed by atoms with Crippen molar-refractivity contribution in [3.8, 4) is 11.8 Å². The molecular weight excluding hydrogens is 304 g/mol. The van der Waals surface area contributed by atoms with Crippen molar-refractivity contribution >= 4 is 11.6 Å². The molecule has 0 saturated heterocycles. The molecule has 5 nitrogen and oxygen atoms in total. The normalized spacial score (nSPS) is 14.6. The quantitative estimate of drug-likeness (QED) is 0.777. The lowest BCUT2D eigenvalue weighted by atomic mass is 9.93. The Balaban J connectivity index is 2.98. The highest BCUT2D eigenvalue weighted by molar-refractivity contribution is 5.98. The van der Waals surface area contributed by atoms with Gasteiger partial charge in [0.05, 0.1) is 17.4 Å². The van der Waals surface area contributed by atoms with Crippen molar-refractivity contribution in [2.75, 3.05) is 12.4 Å². The topological polar surface area (TPSA) is 71.3 Å². The van der Waals surface area contributed by atoms with E-state index in [0.29, 0.717) is 29.3 Å². The van der Waals surface area contributed by atoms with Gasteiger partial charge in [-0.1, -0.05) is 20.8 Å². The Labute approximate surface area is 145 Å². The van der Waals surface area contributed by atoms with Crippen LogP contribution in [-0.2, 0) is 9.53 Å². The van der Waals surface area contributed by atoms with E-state index in [0.717, 1.165) is 6.42 Å². The van der Waals surface area contributed by atoms with Gasteiger partial charge in [0.2, 0.25) is 0 Å². The smallest absolute Gasteiger partial charge is 0.256 e. The van der Waals surface area contributed by atoms with Crippen LogP contribution in [0.1, 0.15) is 53.0 Å². The van der Waals surface area contributed by atoms with Crippen molar-refractivity contribution in [3.63, 3.8) is 0 Å². The maximum atomic E-state index is 12.6. The van der Waals surface area contributed by atoms with Crippen LogP contribution in [0.25, 0.3) is 0 Å². The number of amides is 1. The number of carbonyl (C=O) groups excluding carboxylic acids is 1. The first-order chi connectivity index (χ1) is 11.3. The summed E-state index contributed by atoms with van der Waals surface area (Å²) in [6.07, 6.45) is 1.54. The molecule has 1 amide bonds. The van der Waals surface area contributed by atoms with E-state index in [9.17, 15) is 10.1 Å². The van der Waals surface area contributed by atoms with Crippen LogP contribution in [0.2, 0.25) is 0 Å². The molecule has 0 aromatic heterocycles. The zero-order chi connectivity index (χ0) is 18.3. The average molecular weight is 332 g/mol. The predicted octanol–water partition coefficient (Wildman–Crippen LogP) is 4.13. The zero-order valence-electron chi connectivity index (χ0n) is 15.5. The van der Waals surface area contributed by atoms with Crippen LogP contribution in [0.3, 0.4) is 0 Å². The van der Waals surface area contributed by atoms with Gasteiger partial charge < -0.3 is 14.8 Å². The van der Waals surface area contributed by atoms with Gasteiger partial charge in [-0.3, -0.25) is 4.79 Å². The summed E-state index contributed by atoms with van der Waals surface area (Å²) in [5.41, 5.74) is -0.106. The van der Waals surface area contributed by atoms with E-state index >= 15 is 0 Å². The van der Waals surface area contributed by atoms with Crippen molar-refractivity contribution in [1.29, 1.82) is 5.26 Å². The molecule has 5 heteroatoms. The molecule has 0 aliphatic rings. The Morgan fingerprint density at radius 3 is 2.54 bits per heavy atom. The SMILES string of the molecule is CC[C@@H](C)Oc1ccc(NC(=O)[C@](C)(CC(C)C)OC)c(C#N)c1. The van der Waals surface area contributed by atoms with Crippen molar-refractivity contribution < 1.29 is 14.3 Å². The molecule has 0 unspecified atom stereocenters. The van der Waals surface area contributed by atoms with Crippen molar-refractivity contribution in [2.24, 2.45) is 5.92 Å². The Hall–Kier alpha value is -2.06. The monoisotopic (exact) mass is 332 g/mol. The van der Waals surface area contributed by atoms with Crippen LogP contribution < -0.4 is 10.1 Å². The van der Waals surface area contributed by atoms with Crippen LogP contribution in [0.5, 0.6) is 5.75 Å². The first-order valence-electron chi connectivity index (χ1n) is 8.33. The second kappa shape index (κ2) is 8.70. The van der Waals surface area contributed by atoms with Crippen molar-refractivity contribution in [1.82, 2.24) is 0 Å². The van der Waals surface area contributed by atoms with Gasteiger partial charge in [0.15, 0.2) is 0 Å². The summed E-state index contributed by atoms with van der Waals surface area (Å²) in [4.78, 5) is 12.6. The van der Waals surface area contributed by atoms with Gasteiger partial charge in [-0.2, -0.15) is 5.26 Å².